The van der Waals surface area contributed by atoms with Crippen LogP contribution >= 0.6 is 39.1 Å². The number of hydrogen-bond donors (Lipinski definition) is 0. The highest BCUT2D eigenvalue weighted by Crippen LogP contribution is 2.38. The lowest BCUT2D eigenvalue weighted by molar-refractivity contribution is -0.222. The maximum Gasteiger partial charge on any atom is 0.348 e. The Morgan fingerprint density at radius 1 is 1.10 bits per heavy atom. The zero-order valence-electron chi connectivity index (χ0n) is 16.3. The number of carbonyl (C=O) groups excluding carboxylic acids is 2. The highest BCUT2D eigenvalue weighted by atomic mass is 79.9. The molecule has 1 heterocycles. The van der Waals surface area contributed by atoms with Crippen molar-refractivity contribution in [1.29, 1.82) is 0 Å². The molecule has 1 saturated heterocycles. The summed E-state index contributed by atoms with van der Waals surface area (Å²) in [6.07, 6.45) is 1.37. The predicted octanol–water partition coefficient (Wildman–Crippen LogP) is 5.56. The Morgan fingerprint density at radius 2 is 1.77 bits per heavy atom. The van der Waals surface area contributed by atoms with Crippen molar-refractivity contribution in [3.63, 3.8) is 0 Å². The molecular weight excluding hydrogens is 499 g/mol. The van der Waals surface area contributed by atoms with E-state index in [9.17, 15) is 9.59 Å². The smallest absolute Gasteiger partial charge is 0.348 e. The maximum atomic E-state index is 12.2. The lowest BCUT2D eigenvalue weighted by Gasteiger charge is -2.29. The summed E-state index contributed by atoms with van der Waals surface area (Å²) in [5, 5.41) is 1.01. The van der Waals surface area contributed by atoms with Crippen molar-refractivity contribution in [1.82, 2.24) is 0 Å². The number of benzene rings is 2. The molecule has 0 aliphatic carbocycles. The van der Waals surface area contributed by atoms with Gasteiger partial charge in [-0.15, -0.1) is 0 Å². The average molecular weight is 516 g/mol. The first-order chi connectivity index (χ1) is 14.1. The van der Waals surface area contributed by atoms with Crippen LogP contribution in [0.5, 0.6) is 11.5 Å². The summed E-state index contributed by atoms with van der Waals surface area (Å²) in [5.74, 6) is -2.00. The summed E-state index contributed by atoms with van der Waals surface area (Å²) < 4.78 is 22.1. The van der Waals surface area contributed by atoms with Gasteiger partial charge in [-0.2, -0.15) is 0 Å². The number of cyclic esters (lactones) is 2. The zero-order chi connectivity index (χ0) is 22.1. The van der Waals surface area contributed by atoms with Crippen LogP contribution in [0.4, 0.5) is 0 Å². The van der Waals surface area contributed by atoms with Crippen molar-refractivity contribution in [2.45, 2.75) is 26.2 Å². The van der Waals surface area contributed by atoms with Crippen LogP contribution in [0, 0.1) is 0 Å². The van der Waals surface area contributed by atoms with E-state index >= 15 is 0 Å². The molecule has 1 fully saturated rings. The lowest BCUT2D eigenvalue weighted by Crippen LogP contribution is -2.41. The first-order valence-corrected chi connectivity index (χ1v) is 10.3. The van der Waals surface area contributed by atoms with E-state index in [-0.39, 0.29) is 12.2 Å². The van der Waals surface area contributed by atoms with Crippen LogP contribution in [0.15, 0.2) is 40.4 Å². The van der Waals surface area contributed by atoms with E-state index in [0.717, 1.165) is 5.56 Å². The highest BCUT2D eigenvalue weighted by molar-refractivity contribution is 9.10. The first-order valence-electron chi connectivity index (χ1n) is 8.72. The molecule has 9 heteroatoms. The third-order valence-electron chi connectivity index (χ3n) is 4.07. The van der Waals surface area contributed by atoms with Crippen molar-refractivity contribution in [2.75, 3.05) is 7.11 Å². The van der Waals surface area contributed by atoms with Gasteiger partial charge in [-0.25, -0.2) is 9.59 Å². The van der Waals surface area contributed by atoms with Gasteiger partial charge in [-0.05, 0) is 51.8 Å². The van der Waals surface area contributed by atoms with Gasteiger partial charge in [0.2, 0.25) is 0 Å². The van der Waals surface area contributed by atoms with E-state index in [4.69, 9.17) is 42.1 Å². The summed E-state index contributed by atoms with van der Waals surface area (Å²) in [5.41, 5.74) is 1.04. The molecule has 0 N–H and O–H groups in total. The van der Waals surface area contributed by atoms with E-state index in [2.05, 4.69) is 15.9 Å². The number of hydrogen-bond acceptors (Lipinski definition) is 6. The molecule has 0 atom stereocenters. The van der Waals surface area contributed by atoms with Gasteiger partial charge in [0, 0.05) is 29.5 Å². The molecule has 1 aliphatic rings. The van der Waals surface area contributed by atoms with Gasteiger partial charge in [-0.1, -0.05) is 29.3 Å². The van der Waals surface area contributed by atoms with Gasteiger partial charge < -0.3 is 18.9 Å². The van der Waals surface area contributed by atoms with Crippen molar-refractivity contribution in [3.05, 3.63) is 61.5 Å². The normalized spacial score (nSPS) is 15.3. The Balaban J connectivity index is 1.87. The molecule has 6 nitrogen and oxygen atoms in total. The minimum Gasteiger partial charge on any atom is -0.493 e. The van der Waals surface area contributed by atoms with Gasteiger partial charge in [0.05, 0.1) is 11.6 Å². The van der Waals surface area contributed by atoms with Crippen LogP contribution in [0.25, 0.3) is 6.08 Å². The molecular formula is C21H17BrCl2O6. The second kappa shape index (κ2) is 8.88. The number of rotatable bonds is 5. The van der Waals surface area contributed by atoms with Gasteiger partial charge in [-0.3, -0.25) is 0 Å². The molecule has 0 spiro atoms. The van der Waals surface area contributed by atoms with Crippen LogP contribution < -0.4 is 9.47 Å². The van der Waals surface area contributed by atoms with E-state index in [1.54, 1.807) is 30.3 Å². The molecule has 0 aromatic heterocycles. The zero-order valence-corrected chi connectivity index (χ0v) is 19.4. The van der Waals surface area contributed by atoms with Gasteiger partial charge in [0.1, 0.15) is 12.2 Å². The van der Waals surface area contributed by atoms with E-state index in [1.165, 1.54) is 27.0 Å². The topological polar surface area (TPSA) is 71.1 Å². The molecule has 0 unspecified atom stereocenters. The Bertz CT molecular complexity index is 1030. The van der Waals surface area contributed by atoms with Crippen LogP contribution in [0.3, 0.4) is 0 Å². The second-order valence-corrected chi connectivity index (χ2v) is 8.49. The fourth-order valence-electron chi connectivity index (χ4n) is 2.70. The lowest BCUT2D eigenvalue weighted by atomic mass is 10.1. The Hall–Kier alpha value is -2.22. The molecule has 0 saturated carbocycles. The van der Waals surface area contributed by atoms with E-state index in [0.29, 0.717) is 31.6 Å². The molecule has 2 aromatic rings. The summed E-state index contributed by atoms with van der Waals surface area (Å²) in [7, 11) is 1.48. The summed E-state index contributed by atoms with van der Waals surface area (Å²) in [6.45, 7) is 3.15. The van der Waals surface area contributed by atoms with Crippen molar-refractivity contribution in [3.8, 4) is 11.5 Å². The molecule has 2 aromatic carbocycles. The summed E-state index contributed by atoms with van der Waals surface area (Å²) in [4.78, 5) is 24.3. The Kier molecular flexibility index (Phi) is 6.65. The molecule has 158 valence electrons. The molecule has 30 heavy (non-hydrogen) atoms. The van der Waals surface area contributed by atoms with Crippen LogP contribution in [-0.2, 0) is 25.7 Å². The first kappa shape index (κ1) is 22.5. The monoisotopic (exact) mass is 514 g/mol. The van der Waals surface area contributed by atoms with Gasteiger partial charge in [0.15, 0.2) is 11.5 Å². The minimum absolute atomic E-state index is 0.180. The molecule has 0 bridgehead atoms. The molecule has 1 aliphatic heterocycles. The van der Waals surface area contributed by atoms with Crippen molar-refractivity contribution < 1.29 is 28.5 Å². The van der Waals surface area contributed by atoms with Gasteiger partial charge >= 0.3 is 11.9 Å². The average Bonchev–Trinajstić information content (AvgIpc) is 2.64. The minimum atomic E-state index is -1.30. The highest BCUT2D eigenvalue weighted by Gasteiger charge is 2.38. The Morgan fingerprint density at radius 3 is 2.37 bits per heavy atom. The fourth-order valence-corrected chi connectivity index (χ4v) is 3.73. The predicted molar refractivity (Wildman–Crippen MR) is 116 cm³/mol. The molecule has 0 radical (unpaired) electrons. The van der Waals surface area contributed by atoms with Crippen LogP contribution in [-0.4, -0.2) is 24.8 Å². The molecule has 3 rings (SSSR count). The van der Waals surface area contributed by atoms with Crippen molar-refractivity contribution >= 4 is 57.1 Å². The summed E-state index contributed by atoms with van der Waals surface area (Å²) in [6, 6.07) is 8.42. The number of ether oxygens (including phenoxy) is 4. The van der Waals surface area contributed by atoms with E-state index in [1.807, 2.05) is 0 Å². The van der Waals surface area contributed by atoms with Crippen LogP contribution in [0.2, 0.25) is 10.0 Å². The third-order valence-corrected chi connectivity index (χ3v) is 5.24. The number of halogens is 3. The summed E-state index contributed by atoms with van der Waals surface area (Å²) >= 11 is 15.5. The number of esters is 2. The van der Waals surface area contributed by atoms with E-state index < -0.39 is 17.7 Å². The second-order valence-electron chi connectivity index (χ2n) is 6.80. The Labute approximate surface area is 191 Å². The number of carbonyl (C=O) groups is 2. The van der Waals surface area contributed by atoms with Crippen LogP contribution in [0.1, 0.15) is 25.0 Å². The SMILES string of the molecule is COc1cc(C=C2C(=O)OC(C)(C)OC2=O)cc(Br)c1OCc1ccc(Cl)cc1Cl. The largest absolute Gasteiger partial charge is 0.493 e. The standard InChI is InChI=1S/C21H17BrCl2O6/c1-21(2)29-19(25)14(20(26)30-21)6-11-7-15(22)18(17(8-11)27-3)28-10-12-4-5-13(23)9-16(12)24/h4-9H,10H2,1-3H3. The number of methoxy groups -OCH3 is 1. The van der Waals surface area contributed by atoms with Gasteiger partial charge in [0.25, 0.3) is 5.79 Å². The third kappa shape index (κ3) is 5.09. The maximum absolute atomic E-state index is 12.2. The molecule has 0 amide bonds. The quantitative estimate of drug-likeness (QED) is 0.295. The fraction of sp³-hybridized carbons (Fsp3) is 0.238. The van der Waals surface area contributed by atoms with Crippen molar-refractivity contribution in [2.24, 2.45) is 0 Å².